The van der Waals surface area contributed by atoms with Crippen LogP contribution >= 0.6 is 0 Å². The molecule has 1 aliphatic heterocycles. The third kappa shape index (κ3) is 6.62. The molecule has 0 spiro atoms. The Morgan fingerprint density at radius 3 is 2.63 bits per heavy atom. The van der Waals surface area contributed by atoms with E-state index in [2.05, 4.69) is 5.32 Å². The minimum atomic E-state index is -3.31. The van der Waals surface area contributed by atoms with Gasteiger partial charge in [-0.1, -0.05) is 30.3 Å². The second kappa shape index (κ2) is 9.85. The van der Waals surface area contributed by atoms with E-state index in [0.717, 1.165) is 5.56 Å². The van der Waals surface area contributed by atoms with Gasteiger partial charge in [-0.2, -0.15) is 0 Å². The summed E-state index contributed by atoms with van der Waals surface area (Å²) in [6.45, 7) is 2.24. The van der Waals surface area contributed by atoms with Crippen LogP contribution in [0, 0.1) is 5.92 Å². The molecular weight excluding hydrogens is 368 g/mol. The number of benzene rings is 1. The van der Waals surface area contributed by atoms with E-state index >= 15 is 0 Å². The highest BCUT2D eigenvalue weighted by atomic mass is 32.2. The number of amides is 1. The SMILES string of the molecule is CCS(=O)(=O)N1CCCC(C(=O)NC(CCC(=O)O)Cc2ccccc2)C1. The molecule has 1 saturated heterocycles. The molecule has 1 heterocycles. The summed E-state index contributed by atoms with van der Waals surface area (Å²) < 4.78 is 25.6. The van der Waals surface area contributed by atoms with E-state index < -0.39 is 21.9 Å². The molecule has 1 fully saturated rings. The lowest BCUT2D eigenvalue weighted by Gasteiger charge is -2.32. The van der Waals surface area contributed by atoms with Crippen LogP contribution in [0.2, 0.25) is 0 Å². The maximum Gasteiger partial charge on any atom is 0.303 e. The molecule has 0 aromatic heterocycles. The Labute approximate surface area is 160 Å². The van der Waals surface area contributed by atoms with Crippen molar-refractivity contribution in [3.63, 3.8) is 0 Å². The van der Waals surface area contributed by atoms with Crippen LogP contribution in [0.25, 0.3) is 0 Å². The molecule has 0 radical (unpaired) electrons. The van der Waals surface area contributed by atoms with Crippen molar-refractivity contribution >= 4 is 21.9 Å². The average Bonchev–Trinajstić information content (AvgIpc) is 2.67. The number of carbonyl (C=O) groups is 2. The molecule has 1 aromatic carbocycles. The van der Waals surface area contributed by atoms with E-state index in [1.54, 1.807) is 6.92 Å². The van der Waals surface area contributed by atoms with Gasteiger partial charge in [0.25, 0.3) is 0 Å². The lowest BCUT2D eigenvalue weighted by molar-refractivity contribution is -0.137. The van der Waals surface area contributed by atoms with Gasteiger partial charge in [-0.3, -0.25) is 9.59 Å². The lowest BCUT2D eigenvalue weighted by atomic mass is 9.96. The fourth-order valence-electron chi connectivity index (χ4n) is 3.33. The number of piperidine rings is 1. The highest BCUT2D eigenvalue weighted by molar-refractivity contribution is 7.89. The molecule has 8 heteroatoms. The van der Waals surface area contributed by atoms with E-state index in [9.17, 15) is 18.0 Å². The minimum absolute atomic E-state index is 0.0244. The molecule has 0 saturated carbocycles. The van der Waals surface area contributed by atoms with Gasteiger partial charge in [0.1, 0.15) is 0 Å². The number of carbonyl (C=O) groups excluding carboxylic acids is 1. The van der Waals surface area contributed by atoms with Gasteiger partial charge in [0.05, 0.1) is 11.7 Å². The molecular formula is C19H28N2O5S. The molecule has 2 N–H and O–H groups in total. The Balaban J connectivity index is 2.02. The number of carboxylic acid groups (broad SMARTS) is 1. The number of rotatable bonds is 9. The summed E-state index contributed by atoms with van der Waals surface area (Å²) in [5, 5.41) is 11.9. The third-order valence-corrected chi connectivity index (χ3v) is 6.74. The van der Waals surface area contributed by atoms with Crippen LogP contribution in [-0.2, 0) is 26.0 Å². The van der Waals surface area contributed by atoms with Crippen LogP contribution in [-0.4, -0.2) is 54.6 Å². The van der Waals surface area contributed by atoms with Crippen molar-refractivity contribution in [2.75, 3.05) is 18.8 Å². The van der Waals surface area contributed by atoms with E-state index in [4.69, 9.17) is 5.11 Å². The predicted octanol–water partition coefficient (Wildman–Crippen LogP) is 1.64. The van der Waals surface area contributed by atoms with E-state index in [1.165, 1.54) is 4.31 Å². The number of hydrogen-bond acceptors (Lipinski definition) is 4. The Morgan fingerprint density at radius 1 is 1.30 bits per heavy atom. The summed E-state index contributed by atoms with van der Waals surface area (Å²) in [7, 11) is -3.31. The quantitative estimate of drug-likeness (QED) is 0.660. The Hall–Kier alpha value is -1.93. The van der Waals surface area contributed by atoms with Crippen LogP contribution in [0.5, 0.6) is 0 Å². The van der Waals surface area contributed by atoms with Gasteiger partial charge in [-0.25, -0.2) is 12.7 Å². The van der Waals surface area contributed by atoms with Crippen molar-refractivity contribution in [1.29, 1.82) is 0 Å². The first-order valence-corrected chi connectivity index (χ1v) is 11.0. The number of aliphatic carboxylic acids is 1. The zero-order valence-electron chi connectivity index (χ0n) is 15.6. The van der Waals surface area contributed by atoms with Gasteiger partial charge >= 0.3 is 5.97 Å². The highest BCUT2D eigenvalue weighted by Gasteiger charge is 2.32. The van der Waals surface area contributed by atoms with E-state index in [-0.39, 0.29) is 30.7 Å². The summed E-state index contributed by atoms with van der Waals surface area (Å²) >= 11 is 0. The Bertz CT molecular complexity index is 736. The van der Waals surface area contributed by atoms with Crippen molar-refractivity contribution in [3.8, 4) is 0 Å². The molecule has 2 unspecified atom stereocenters. The second-order valence-corrected chi connectivity index (χ2v) is 9.18. The van der Waals surface area contributed by atoms with Crippen LogP contribution in [0.3, 0.4) is 0 Å². The molecule has 2 atom stereocenters. The monoisotopic (exact) mass is 396 g/mol. The normalized spacial score (nSPS) is 19.4. The Morgan fingerprint density at radius 2 is 2.00 bits per heavy atom. The minimum Gasteiger partial charge on any atom is -0.481 e. The van der Waals surface area contributed by atoms with Crippen LogP contribution < -0.4 is 5.32 Å². The molecule has 1 aromatic rings. The first-order chi connectivity index (χ1) is 12.8. The Kier molecular flexibility index (Phi) is 7.79. The number of nitrogens with one attached hydrogen (secondary N) is 1. The van der Waals surface area contributed by atoms with Gasteiger partial charge < -0.3 is 10.4 Å². The maximum absolute atomic E-state index is 12.7. The molecule has 1 amide bonds. The summed E-state index contributed by atoms with van der Waals surface area (Å²) in [5.74, 6) is -1.47. The maximum atomic E-state index is 12.7. The number of nitrogens with zero attached hydrogens (tertiary/aromatic N) is 1. The predicted molar refractivity (Wildman–Crippen MR) is 103 cm³/mol. The first kappa shape index (κ1) is 21.4. The molecule has 0 bridgehead atoms. The molecule has 0 aliphatic carbocycles. The number of hydrogen-bond donors (Lipinski definition) is 2. The standard InChI is InChI=1S/C19H28N2O5S/c1-2-27(25,26)21-12-6-9-16(14-21)19(24)20-17(10-11-18(22)23)13-15-7-4-3-5-8-15/h3-5,7-8,16-17H,2,6,9-14H2,1H3,(H,20,24)(H,22,23). The average molecular weight is 397 g/mol. The van der Waals surface area contributed by atoms with E-state index in [1.807, 2.05) is 30.3 Å². The van der Waals surface area contributed by atoms with Crippen LogP contribution in [0.1, 0.15) is 38.2 Å². The summed E-state index contributed by atoms with van der Waals surface area (Å²) in [4.78, 5) is 23.7. The zero-order chi connectivity index (χ0) is 19.9. The van der Waals surface area contributed by atoms with Crippen LogP contribution in [0.4, 0.5) is 0 Å². The van der Waals surface area contributed by atoms with Crippen molar-refractivity contribution in [1.82, 2.24) is 9.62 Å². The second-order valence-electron chi connectivity index (χ2n) is 6.93. The fraction of sp³-hybridized carbons (Fsp3) is 0.579. The van der Waals surface area contributed by atoms with Crippen molar-refractivity contribution in [2.24, 2.45) is 5.92 Å². The van der Waals surface area contributed by atoms with Crippen molar-refractivity contribution in [3.05, 3.63) is 35.9 Å². The van der Waals surface area contributed by atoms with Gasteiger partial charge in [0.15, 0.2) is 0 Å². The smallest absolute Gasteiger partial charge is 0.303 e. The summed E-state index contributed by atoms with van der Waals surface area (Å²) in [6.07, 6.45) is 2.14. The third-order valence-electron chi connectivity index (χ3n) is 4.89. The lowest BCUT2D eigenvalue weighted by Crippen LogP contribution is -2.48. The number of carboxylic acids is 1. The van der Waals surface area contributed by atoms with E-state index in [0.29, 0.717) is 32.2 Å². The van der Waals surface area contributed by atoms with Gasteiger partial charge in [0.2, 0.25) is 15.9 Å². The van der Waals surface area contributed by atoms with Crippen LogP contribution in [0.15, 0.2) is 30.3 Å². The molecule has 1 aliphatic rings. The van der Waals surface area contributed by atoms with Crippen molar-refractivity contribution < 1.29 is 23.1 Å². The molecule has 2 rings (SSSR count). The zero-order valence-corrected chi connectivity index (χ0v) is 16.5. The van der Waals surface area contributed by atoms with Gasteiger partial charge in [-0.05, 0) is 38.2 Å². The highest BCUT2D eigenvalue weighted by Crippen LogP contribution is 2.20. The number of sulfonamides is 1. The summed E-state index contributed by atoms with van der Waals surface area (Å²) in [6, 6.07) is 9.29. The topological polar surface area (TPSA) is 104 Å². The van der Waals surface area contributed by atoms with Crippen molar-refractivity contribution in [2.45, 2.75) is 45.1 Å². The largest absolute Gasteiger partial charge is 0.481 e. The molecule has 7 nitrogen and oxygen atoms in total. The van der Waals surface area contributed by atoms with Gasteiger partial charge in [-0.15, -0.1) is 0 Å². The van der Waals surface area contributed by atoms with Gasteiger partial charge in [0, 0.05) is 25.6 Å². The molecule has 27 heavy (non-hydrogen) atoms. The molecule has 150 valence electrons. The summed E-state index contributed by atoms with van der Waals surface area (Å²) in [5.41, 5.74) is 1.02. The fourth-order valence-corrected chi connectivity index (χ4v) is 4.51. The first-order valence-electron chi connectivity index (χ1n) is 9.35.